The van der Waals surface area contributed by atoms with E-state index in [9.17, 15) is 8.42 Å². The van der Waals surface area contributed by atoms with Gasteiger partial charge in [-0.25, -0.2) is 0 Å². The van der Waals surface area contributed by atoms with Crippen molar-refractivity contribution in [2.75, 3.05) is 0 Å². The molecule has 25 heavy (non-hydrogen) atoms. The van der Waals surface area contributed by atoms with Crippen LogP contribution in [-0.4, -0.2) is 13.0 Å². The van der Waals surface area contributed by atoms with Gasteiger partial charge in [0.05, 0.1) is 4.90 Å². The Kier molecular flexibility index (Phi) is 11.1. The molecule has 0 saturated heterocycles. The predicted octanol–water partition coefficient (Wildman–Crippen LogP) is 6.74. The molecule has 1 atom stereocenters. The highest BCUT2D eigenvalue weighted by Crippen LogP contribution is 2.28. The van der Waals surface area contributed by atoms with Crippen LogP contribution < -0.4 is 0 Å². The zero-order valence-corrected chi connectivity index (χ0v) is 16.9. The molecule has 0 fully saturated rings. The predicted molar refractivity (Wildman–Crippen MR) is 106 cm³/mol. The Labute approximate surface area is 155 Å². The smallest absolute Gasteiger partial charge is 0.282 e. The second-order valence-corrected chi connectivity index (χ2v) is 8.57. The Bertz CT molecular complexity index is 549. The van der Waals surface area contributed by atoms with E-state index in [1.165, 1.54) is 75.5 Å². The third-order valence-corrected chi connectivity index (χ3v) is 5.81. The maximum absolute atomic E-state index is 11.2. The molecule has 0 amide bonds. The fourth-order valence-electron chi connectivity index (χ4n) is 3.44. The minimum Gasteiger partial charge on any atom is -0.282 e. The summed E-state index contributed by atoms with van der Waals surface area (Å²) in [5.74, 6) is 0.491. The van der Waals surface area contributed by atoms with E-state index in [2.05, 4.69) is 13.8 Å². The van der Waals surface area contributed by atoms with Gasteiger partial charge in [0.25, 0.3) is 10.1 Å². The maximum atomic E-state index is 11.2. The summed E-state index contributed by atoms with van der Waals surface area (Å²) in [5.41, 5.74) is 1.19. The summed E-state index contributed by atoms with van der Waals surface area (Å²) in [6, 6.07) is 6.75. The lowest BCUT2D eigenvalue weighted by Crippen LogP contribution is -2.02. The first-order chi connectivity index (χ1) is 12.0. The van der Waals surface area contributed by atoms with Gasteiger partial charge < -0.3 is 0 Å². The van der Waals surface area contributed by atoms with E-state index in [0.29, 0.717) is 5.92 Å². The quantitative estimate of drug-likeness (QED) is 0.292. The van der Waals surface area contributed by atoms with Gasteiger partial charge >= 0.3 is 0 Å². The van der Waals surface area contributed by atoms with Crippen molar-refractivity contribution in [2.24, 2.45) is 0 Å². The first-order valence-electron chi connectivity index (χ1n) is 10.1. The summed E-state index contributed by atoms with van der Waals surface area (Å²) >= 11 is 0. The fourth-order valence-corrected chi connectivity index (χ4v) is 3.92. The molecule has 0 aliphatic rings. The topological polar surface area (TPSA) is 54.4 Å². The van der Waals surface area contributed by atoms with Gasteiger partial charge in [0, 0.05) is 0 Å². The van der Waals surface area contributed by atoms with Crippen LogP contribution in [0.3, 0.4) is 0 Å². The third-order valence-electron chi connectivity index (χ3n) is 4.94. The highest BCUT2D eigenvalue weighted by atomic mass is 32.2. The van der Waals surface area contributed by atoms with Crippen LogP contribution >= 0.6 is 0 Å². The summed E-state index contributed by atoms with van der Waals surface area (Å²) in [5, 5.41) is 0. The van der Waals surface area contributed by atoms with Crippen LogP contribution in [0.15, 0.2) is 29.2 Å². The number of benzene rings is 1. The van der Waals surface area contributed by atoms with Crippen molar-refractivity contribution < 1.29 is 13.0 Å². The lowest BCUT2D eigenvalue weighted by atomic mass is 9.89. The zero-order valence-electron chi connectivity index (χ0n) is 16.0. The number of unbranched alkanes of at least 4 members (excludes halogenated alkanes) is 8. The molecule has 1 N–H and O–H groups in total. The largest absolute Gasteiger partial charge is 0.294 e. The SMILES string of the molecule is CCCCCCCCCCCC(CCC)c1ccc(S(=O)(=O)O)cc1. The van der Waals surface area contributed by atoms with Crippen LogP contribution in [0.1, 0.15) is 102 Å². The Hall–Kier alpha value is -0.870. The number of hydrogen-bond acceptors (Lipinski definition) is 2. The molecule has 1 aromatic rings. The minimum absolute atomic E-state index is 0.0189. The molecular formula is C21H36O3S. The van der Waals surface area contributed by atoms with E-state index in [4.69, 9.17) is 4.55 Å². The van der Waals surface area contributed by atoms with Crippen LogP contribution in [0, 0.1) is 0 Å². The molecule has 0 heterocycles. The van der Waals surface area contributed by atoms with E-state index in [0.717, 1.165) is 19.3 Å². The van der Waals surface area contributed by atoms with Gasteiger partial charge in [0.2, 0.25) is 0 Å². The van der Waals surface area contributed by atoms with Crippen LogP contribution in [0.25, 0.3) is 0 Å². The number of rotatable bonds is 14. The molecule has 144 valence electrons. The molecule has 1 aromatic carbocycles. The summed E-state index contributed by atoms with van der Waals surface area (Å²) in [6.45, 7) is 4.44. The molecule has 0 bridgehead atoms. The van der Waals surface area contributed by atoms with Gasteiger partial charge in [-0.2, -0.15) is 8.42 Å². The van der Waals surface area contributed by atoms with Gasteiger partial charge in [-0.15, -0.1) is 0 Å². The lowest BCUT2D eigenvalue weighted by Gasteiger charge is -2.17. The van der Waals surface area contributed by atoms with Crippen LogP contribution in [0.5, 0.6) is 0 Å². The monoisotopic (exact) mass is 368 g/mol. The highest BCUT2D eigenvalue weighted by molar-refractivity contribution is 7.85. The van der Waals surface area contributed by atoms with Crippen molar-refractivity contribution in [2.45, 2.75) is 102 Å². The Morgan fingerprint density at radius 2 is 1.28 bits per heavy atom. The Morgan fingerprint density at radius 3 is 1.76 bits per heavy atom. The van der Waals surface area contributed by atoms with E-state index in [1.54, 1.807) is 0 Å². The van der Waals surface area contributed by atoms with Crippen LogP contribution in [0.4, 0.5) is 0 Å². The van der Waals surface area contributed by atoms with E-state index < -0.39 is 10.1 Å². The lowest BCUT2D eigenvalue weighted by molar-refractivity contribution is 0.482. The van der Waals surface area contributed by atoms with Crippen molar-refractivity contribution in [1.82, 2.24) is 0 Å². The first-order valence-corrected chi connectivity index (χ1v) is 11.5. The Morgan fingerprint density at radius 1 is 0.760 bits per heavy atom. The van der Waals surface area contributed by atoms with Crippen molar-refractivity contribution >= 4 is 10.1 Å². The van der Waals surface area contributed by atoms with Crippen molar-refractivity contribution in [3.63, 3.8) is 0 Å². The third kappa shape index (κ3) is 9.41. The van der Waals surface area contributed by atoms with Gasteiger partial charge in [-0.05, 0) is 36.5 Å². The molecule has 1 unspecified atom stereocenters. The summed E-state index contributed by atoms with van der Waals surface area (Å²) in [6.07, 6.45) is 15.4. The summed E-state index contributed by atoms with van der Waals surface area (Å²) < 4.78 is 31.4. The molecular weight excluding hydrogens is 332 g/mol. The molecule has 0 aliphatic heterocycles. The standard InChI is InChI=1S/C21H36O3S/c1-3-5-6-7-8-9-10-11-12-14-19(13-4-2)20-15-17-21(18-16-20)25(22,23)24/h15-19H,3-14H2,1-2H3,(H,22,23,24). The molecule has 1 rings (SSSR count). The zero-order chi connectivity index (χ0) is 18.5. The van der Waals surface area contributed by atoms with Crippen molar-refractivity contribution in [1.29, 1.82) is 0 Å². The van der Waals surface area contributed by atoms with E-state index in [-0.39, 0.29) is 4.90 Å². The molecule has 3 nitrogen and oxygen atoms in total. The second kappa shape index (κ2) is 12.5. The molecule has 0 aromatic heterocycles. The maximum Gasteiger partial charge on any atom is 0.294 e. The summed E-state index contributed by atoms with van der Waals surface area (Å²) in [4.78, 5) is -0.0189. The number of hydrogen-bond donors (Lipinski definition) is 1. The average molecular weight is 369 g/mol. The Balaban J connectivity index is 2.34. The van der Waals surface area contributed by atoms with E-state index in [1.807, 2.05) is 12.1 Å². The van der Waals surface area contributed by atoms with E-state index >= 15 is 0 Å². The van der Waals surface area contributed by atoms with Crippen LogP contribution in [0.2, 0.25) is 0 Å². The molecule has 0 spiro atoms. The summed E-state index contributed by atoms with van der Waals surface area (Å²) in [7, 11) is -4.09. The average Bonchev–Trinajstić information content (AvgIpc) is 2.59. The van der Waals surface area contributed by atoms with Gasteiger partial charge in [-0.3, -0.25) is 4.55 Å². The second-order valence-electron chi connectivity index (χ2n) is 7.15. The van der Waals surface area contributed by atoms with Gasteiger partial charge in [0.15, 0.2) is 0 Å². The van der Waals surface area contributed by atoms with Gasteiger partial charge in [0.1, 0.15) is 0 Å². The normalized spacial score (nSPS) is 13.1. The molecule has 4 heteroatoms. The minimum atomic E-state index is -4.09. The highest BCUT2D eigenvalue weighted by Gasteiger charge is 2.13. The van der Waals surface area contributed by atoms with Crippen molar-refractivity contribution in [3.05, 3.63) is 29.8 Å². The van der Waals surface area contributed by atoms with Crippen molar-refractivity contribution in [3.8, 4) is 0 Å². The van der Waals surface area contributed by atoms with Crippen LogP contribution in [-0.2, 0) is 10.1 Å². The van der Waals surface area contributed by atoms with Gasteiger partial charge in [-0.1, -0.05) is 90.2 Å². The first kappa shape index (κ1) is 22.2. The molecule has 0 radical (unpaired) electrons. The fraction of sp³-hybridized carbons (Fsp3) is 0.714. The molecule has 0 aliphatic carbocycles. The molecule has 0 saturated carbocycles.